The molecule has 0 radical (unpaired) electrons. The van der Waals surface area contributed by atoms with Crippen LogP contribution >= 0.6 is 0 Å². The molecule has 0 unspecified atom stereocenters. The zero-order chi connectivity index (χ0) is 26.5. The first-order valence-corrected chi connectivity index (χ1v) is 12.0. The molecule has 1 aliphatic rings. The summed E-state index contributed by atoms with van der Waals surface area (Å²) in [5.41, 5.74) is 6.75. The summed E-state index contributed by atoms with van der Waals surface area (Å²) in [6.07, 6.45) is 4.33. The first-order valence-electron chi connectivity index (χ1n) is 12.0. The maximum absolute atomic E-state index is 15.0. The highest BCUT2D eigenvalue weighted by molar-refractivity contribution is 5.74. The molecule has 1 saturated heterocycles. The summed E-state index contributed by atoms with van der Waals surface area (Å²) in [5, 5.41) is 28.1. The highest BCUT2D eigenvalue weighted by Gasteiger charge is 2.32. The minimum atomic E-state index is -1.39. The van der Waals surface area contributed by atoms with E-state index < -0.39 is 29.4 Å². The first-order chi connectivity index (χ1) is 17.5. The SMILES string of the molecule is C[C@H]1CN(c2ccncc2Nc2ncc3ccc(-c4c(F)cc(C(C)(C)O)cc4F)nn23)C[C@@H](N)[C@@H]1O. The van der Waals surface area contributed by atoms with Gasteiger partial charge in [-0.2, -0.15) is 9.61 Å². The number of anilines is 3. The van der Waals surface area contributed by atoms with Crippen LogP contribution in [-0.4, -0.2) is 55.0 Å². The summed E-state index contributed by atoms with van der Waals surface area (Å²) >= 11 is 0. The molecule has 1 aliphatic heterocycles. The van der Waals surface area contributed by atoms with Crippen LogP contribution in [0.15, 0.2) is 48.9 Å². The second kappa shape index (κ2) is 9.33. The van der Waals surface area contributed by atoms with Crippen molar-refractivity contribution in [3.8, 4) is 11.3 Å². The third-order valence-electron chi connectivity index (χ3n) is 6.74. The van der Waals surface area contributed by atoms with Gasteiger partial charge in [0.05, 0.1) is 52.2 Å². The molecular weight excluding hydrogens is 480 g/mol. The number of pyridine rings is 1. The summed E-state index contributed by atoms with van der Waals surface area (Å²) in [6.45, 7) is 5.94. The molecule has 1 fully saturated rings. The van der Waals surface area contributed by atoms with Crippen molar-refractivity contribution < 1.29 is 19.0 Å². The van der Waals surface area contributed by atoms with E-state index in [0.717, 1.165) is 17.8 Å². The highest BCUT2D eigenvalue weighted by atomic mass is 19.1. The van der Waals surface area contributed by atoms with Crippen molar-refractivity contribution in [3.63, 3.8) is 0 Å². The molecule has 11 heteroatoms. The topological polar surface area (TPSA) is 125 Å². The van der Waals surface area contributed by atoms with Crippen molar-refractivity contribution in [2.24, 2.45) is 11.7 Å². The number of hydrogen-bond acceptors (Lipinski definition) is 8. The van der Waals surface area contributed by atoms with Crippen LogP contribution in [0.3, 0.4) is 0 Å². The van der Waals surface area contributed by atoms with Gasteiger partial charge in [-0.1, -0.05) is 6.92 Å². The Kier molecular flexibility index (Phi) is 6.30. The number of imidazole rings is 1. The number of nitrogens with two attached hydrogens (primary N) is 1. The normalized spacial score (nSPS) is 20.4. The Balaban J connectivity index is 1.50. The smallest absolute Gasteiger partial charge is 0.229 e. The molecule has 194 valence electrons. The maximum atomic E-state index is 15.0. The monoisotopic (exact) mass is 509 g/mol. The van der Waals surface area contributed by atoms with Crippen LogP contribution in [0, 0.1) is 17.6 Å². The first kappa shape index (κ1) is 25.0. The van der Waals surface area contributed by atoms with E-state index in [1.165, 1.54) is 24.4 Å². The van der Waals surface area contributed by atoms with Gasteiger partial charge >= 0.3 is 0 Å². The Morgan fingerprint density at radius 2 is 1.84 bits per heavy atom. The Labute approximate surface area is 212 Å². The van der Waals surface area contributed by atoms with E-state index in [9.17, 15) is 19.0 Å². The number of benzene rings is 1. The van der Waals surface area contributed by atoms with Crippen LogP contribution in [0.2, 0.25) is 0 Å². The number of hydrogen-bond donors (Lipinski definition) is 4. The van der Waals surface area contributed by atoms with Gasteiger partial charge in [-0.15, -0.1) is 0 Å². The molecule has 0 bridgehead atoms. The molecule has 0 amide bonds. The van der Waals surface area contributed by atoms with E-state index in [1.807, 2.05) is 13.0 Å². The van der Waals surface area contributed by atoms with Gasteiger partial charge in [-0.3, -0.25) is 4.98 Å². The number of nitrogens with zero attached hydrogens (tertiary/aromatic N) is 5. The summed E-state index contributed by atoms with van der Waals surface area (Å²) in [5.74, 6) is -1.35. The summed E-state index contributed by atoms with van der Waals surface area (Å²) in [6, 6.07) is 6.86. The molecule has 5 N–H and O–H groups in total. The van der Waals surface area contributed by atoms with E-state index in [2.05, 4.69) is 25.3 Å². The lowest BCUT2D eigenvalue weighted by Crippen LogP contribution is -2.55. The summed E-state index contributed by atoms with van der Waals surface area (Å²) in [7, 11) is 0. The minimum Gasteiger partial charge on any atom is -0.391 e. The van der Waals surface area contributed by atoms with Crippen LogP contribution in [0.1, 0.15) is 26.3 Å². The Hall–Kier alpha value is -3.67. The number of aliphatic hydroxyl groups excluding tert-OH is 1. The van der Waals surface area contributed by atoms with Gasteiger partial charge in [0, 0.05) is 31.2 Å². The van der Waals surface area contributed by atoms with Crippen molar-refractivity contribution >= 4 is 22.8 Å². The molecule has 0 spiro atoms. The molecule has 5 rings (SSSR count). The third kappa shape index (κ3) is 4.73. The lowest BCUT2D eigenvalue weighted by molar-refractivity contribution is 0.0778. The Morgan fingerprint density at radius 3 is 2.51 bits per heavy atom. The Morgan fingerprint density at radius 1 is 1.11 bits per heavy atom. The molecule has 3 aromatic heterocycles. The fraction of sp³-hybridized carbons (Fsp3) is 0.346. The van der Waals surface area contributed by atoms with Crippen molar-refractivity contribution in [2.45, 2.75) is 38.5 Å². The lowest BCUT2D eigenvalue weighted by atomic mass is 9.92. The molecule has 0 aliphatic carbocycles. The fourth-order valence-electron chi connectivity index (χ4n) is 4.66. The van der Waals surface area contributed by atoms with Crippen molar-refractivity contribution in [1.82, 2.24) is 19.6 Å². The number of halogens is 2. The minimum absolute atomic E-state index is 0.0196. The second-order valence-corrected chi connectivity index (χ2v) is 10.1. The van der Waals surface area contributed by atoms with Crippen LogP contribution in [-0.2, 0) is 5.60 Å². The van der Waals surface area contributed by atoms with E-state index in [1.54, 1.807) is 24.7 Å². The van der Waals surface area contributed by atoms with Gasteiger partial charge in [-0.05, 0) is 49.7 Å². The van der Waals surface area contributed by atoms with Crippen molar-refractivity contribution in [2.75, 3.05) is 23.3 Å². The number of piperidine rings is 1. The van der Waals surface area contributed by atoms with E-state index in [0.29, 0.717) is 30.2 Å². The highest BCUT2D eigenvalue weighted by Crippen LogP contribution is 2.33. The quantitative estimate of drug-likeness (QED) is 0.323. The van der Waals surface area contributed by atoms with Crippen molar-refractivity contribution in [3.05, 3.63) is 66.1 Å². The van der Waals surface area contributed by atoms with Gasteiger partial charge in [0.2, 0.25) is 5.95 Å². The van der Waals surface area contributed by atoms with Crippen LogP contribution in [0.4, 0.5) is 26.1 Å². The molecule has 4 aromatic rings. The van der Waals surface area contributed by atoms with Gasteiger partial charge in [0.15, 0.2) is 0 Å². The number of rotatable bonds is 5. The van der Waals surface area contributed by atoms with Crippen molar-refractivity contribution in [1.29, 1.82) is 0 Å². The zero-order valence-corrected chi connectivity index (χ0v) is 20.7. The Bertz CT molecular complexity index is 1420. The van der Waals surface area contributed by atoms with Crippen LogP contribution in [0.5, 0.6) is 0 Å². The van der Waals surface area contributed by atoms with Gasteiger partial charge in [0.1, 0.15) is 11.6 Å². The maximum Gasteiger partial charge on any atom is 0.229 e. The predicted octanol–water partition coefficient (Wildman–Crippen LogP) is 3.18. The molecular formula is C26H29F2N7O2. The largest absolute Gasteiger partial charge is 0.391 e. The molecule has 37 heavy (non-hydrogen) atoms. The van der Waals surface area contributed by atoms with E-state index in [-0.39, 0.29) is 22.7 Å². The zero-order valence-electron chi connectivity index (χ0n) is 20.7. The average Bonchev–Trinajstić information content (AvgIpc) is 3.23. The van der Waals surface area contributed by atoms with E-state index >= 15 is 0 Å². The number of aromatic nitrogens is 4. The molecule has 0 saturated carbocycles. The van der Waals surface area contributed by atoms with Gasteiger partial charge < -0.3 is 26.2 Å². The molecule has 4 heterocycles. The van der Waals surface area contributed by atoms with Crippen LogP contribution < -0.4 is 16.0 Å². The molecule has 3 atom stereocenters. The molecule has 1 aromatic carbocycles. The number of aliphatic hydroxyl groups is 2. The van der Waals surface area contributed by atoms with E-state index in [4.69, 9.17) is 5.73 Å². The summed E-state index contributed by atoms with van der Waals surface area (Å²) in [4.78, 5) is 10.7. The van der Waals surface area contributed by atoms with Crippen LogP contribution in [0.25, 0.3) is 16.8 Å². The lowest BCUT2D eigenvalue weighted by Gasteiger charge is -2.40. The summed E-state index contributed by atoms with van der Waals surface area (Å²) < 4.78 is 31.4. The standard InChI is InChI=1S/C26H29F2N7O2/c1-14-12-34(13-19(29)24(14)36)22-6-7-30-11-21(22)32-25-31-10-16-4-5-20(33-35(16)25)23-17(27)8-15(9-18(23)28)26(2,3)37/h4-11,14,19,24,36-37H,12-13,29H2,1-3H3,(H,31,32)/t14-,19+,24+/m0/s1. The van der Waals surface area contributed by atoms with Gasteiger partial charge in [0.25, 0.3) is 0 Å². The molecule has 9 nitrogen and oxygen atoms in total. The average molecular weight is 510 g/mol. The third-order valence-corrected chi connectivity index (χ3v) is 6.74. The number of fused-ring (bicyclic) bond motifs is 1. The number of nitrogens with one attached hydrogen (secondary N) is 1. The van der Waals surface area contributed by atoms with Gasteiger partial charge in [-0.25, -0.2) is 13.8 Å². The predicted molar refractivity (Wildman–Crippen MR) is 136 cm³/mol. The fourth-order valence-corrected chi connectivity index (χ4v) is 4.66. The second-order valence-electron chi connectivity index (χ2n) is 10.1.